The van der Waals surface area contributed by atoms with Crippen LogP contribution in [-0.4, -0.2) is 22.7 Å². The summed E-state index contributed by atoms with van der Waals surface area (Å²) in [7, 11) is 0. The maximum absolute atomic E-state index is 12.7. The average Bonchev–Trinajstić information content (AvgIpc) is 2.17. The number of carbonyl (C=O) groups is 1. The number of carbonyl (C=O) groups excluding carboxylic acids is 1. The molecule has 0 spiro atoms. The molecule has 0 aromatic rings. The van der Waals surface area contributed by atoms with E-state index in [1.807, 2.05) is 0 Å². The molecule has 4 heteroatoms. The molecular formula is C6H8FIO2. The first kappa shape index (κ1) is 8.23. The summed E-state index contributed by atoms with van der Waals surface area (Å²) in [4.78, 5) is 10.6. The van der Waals surface area contributed by atoms with E-state index >= 15 is 0 Å². The van der Waals surface area contributed by atoms with Gasteiger partial charge in [0.05, 0.1) is 0 Å². The molecule has 0 aromatic carbocycles. The van der Waals surface area contributed by atoms with Gasteiger partial charge in [-0.25, -0.2) is 9.18 Å². The highest BCUT2D eigenvalue weighted by molar-refractivity contribution is 14.1. The van der Waals surface area contributed by atoms with Gasteiger partial charge in [0, 0.05) is 10.3 Å². The van der Waals surface area contributed by atoms with Crippen LogP contribution in [0.4, 0.5) is 4.39 Å². The topological polar surface area (TPSA) is 26.3 Å². The number of rotatable bonds is 1. The van der Waals surface area contributed by atoms with Crippen molar-refractivity contribution in [3.05, 3.63) is 0 Å². The number of cyclic esters (lactones) is 1. The molecule has 0 amide bonds. The number of hydrogen-bond acceptors (Lipinski definition) is 2. The van der Waals surface area contributed by atoms with Crippen molar-refractivity contribution >= 4 is 28.6 Å². The quantitative estimate of drug-likeness (QED) is 0.403. The second kappa shape index (κ2) is 3.02. The summed E-state index contributed by atoms with van der Waals surface area (Å²) in [5.41, 5.74) is 0. The fourth-order valence-corrected chi connectivity index (χ4v) is 1.88. The van der Waals surface area contributed by atoms with Gasteiger partial charge >= 0.3 is 5.97 Å². The first-order chi connectivity index (χ1) is 4.66. The van der Waals surface area contributed by atoms with Crippen LogP contribution < -0.4 is 0 Å². The van der Waals surface area contributed by atoms with E-state index in [2.05, 4.69) is 22.6 Å². The van der Waals surface area contributed by atoms with Gasteiger partial charge in [0.15, 0.2) is 0 Å². The number of alkyl halides is 2. The Morgan fingerprint density at radius 2 is 2.40 bits per heavy atom. The standard InChI is InChI=1S/C6H8FIO2/c1-3-4(2-8)10-6(9)5(3)7/h3-5H,2H2,1H3/t3-,4+,5+/m1/s1. The van der Waals surface area contributed by atoms with Crippen molar-refractivity contribution in [3.63, 3.8) is 0 Å². The molecule has 0 radical (unpaired) electrons. The third-order valence-electron chi connectivity index (χ3n) is 1.69. The monoisotopic (exact) mass is 258 g/mol. The lowest BCUT2D eigenvalue weighted by Gasteiger charge is -2.08. The predicted octanol–water partition coefficient (Wildman–Crippen LogP) is 1.32. The molecule has 1 heterocycles. The zero-order valence-corrected chi connectivity index (χ0v) is 7.67. The van der Waals surface area contributed by atoms with Crippen LogP contribution in [0.5, 0.6) is 0 Å². The minimum atomic E-state index is -1.40. The average molecular weight is 258 g/mol. The van der Waals surface area contributed by atoms with Crippen LogP contribution in [0.25, 0.3) is 0 Å². The fraction of sp³-hybridized carbons (Fsp3) is 0.833. The summed E-state index contributed by atoms with van der Waals surface area (Å²) in [5, 5.41) is 0. The lowest BCUT2D eigenvalue weighted by Crippen LogP contribution is -2.19. The van der Waals surface area contributed by atoms with Gasteiger partial charge < -0.3 is 4.74 Å². The van der Waals surface area contributed by atoms with Crippen molar-refractivity contribution < 1.29 is 13.9 Å². The Morgan fingerprint density at radius 1 is 1.80 bits per heavy atom. The zero-order valence-electron chi connectivity index (χ0n) is 5.51. The highest BCUT2D eigenvalue weighted by Crippen LogP contribution is 2.25. The molecule has 0 aliphatic carbocycles. The summed E-state index contributed by atoms with van der Waals surface area (Å²) in [5.74, 6) is -0.974. The van der Waals surface area contributed by atoms with Crippen molar-refractivity contribution in [2.45, 2.75) is 19.2 Å². The Kier molecular flexibility index (Phi) is 2.49. The first-order valence-electron chi connectivity index (χ1n) is 3.07. The van der Waals surface area contributed by atoms with Gasteiger partial charge in [0.25, 0.3) is 0 Å². The molecule has 0 N–H and O–H groups in total. The van der Waals surface area contributed by atoms with Crippen LogP contribution >= 0.6 is 22.6 Å². The van der Waals surface area contributed by atoms with Crippen molar-refractivity contribution in [1.82, 2.24) is 0 Å². The maximum Gasteiger partial charge on any atom is 0.341 e. The van der Waals surface area contributed by atoms with E-state index in [0.717, 1.165) is 0 Å². The van der Waals surface area contributed by atoms with E-state index < -0.39 is 12.1 Å². The number of ether oxygens (including phenoxy) is 1. The van der Waals surface area contributed by atoms with E-state index in [1.54, 1.807) is 6.92 Å². The molecule has 1 fully saturated rings. The Labute approximate surface area is 72.3 Å². The lowest BCUT2D eigenvalue weighted by atomic mass is 10.0. The van der Waals surface area contributed by atoms with Gasteiger partial charge in [-0.3, -0.25) is 0 Å². The van der Waals surface area contributed by atoms with Crippen LogP contribution in [0, 0.1) is 5.92 Å². The molecule has 2 nitrogen and oxygen atoms in total. The molecule has 0 unspecified atom stereocenters. The second-order valence-corrected chi connectivity index (χ2v) is 3.27. The lowest BCUT2D eigenvalue weighted by molar-refractivity contribution is -0.144. The van der Waals surface area contributed by atoms with Crippen LogP contribution in [0.15, 0.2) is 0 Å². The van der Waals surface area contributed by atoms with Crippen molar-refractivity contribution in [3.8, 4) is 0 Å². The number of hydrogen-bond donors (Lipinski definition) is 0. The highest BCUT2D eigenvalue weighted by atomic mass is 127. The summed E-state index contributed by atoms with van der Waals surface area (Å²) in [6, 6.07) is 0. The molecule has 3 atom stereocenters. The molecule has 0 bridgehead atoms. The SMILES string of the molecule is C[C@@H]1[C@H](CI)OC(=O)[C@H]1F. The van der Waals surface area contributed by atoms with Gasteiger partial charge in [-0.2, -0.15) is 0 Å². The third kappa shape index (κ3) is 1.26. The molecule has 1 saturated heterocycles. The summed E-state index contributed by atoms with van der Waals surface area (Å²) in [6.07, 6.45) is -1.62. The summed E-state index contributed by atoms with van der Waals surface area (Å²) >= 11 is 2.08. The molecular weight excluding hydrogens is 250 g/mol. The van der Waals surface area contributed by atoms with Crippen molar-refractivity contribution in [2.24, 2.45) is 5.92 Å². The van der Waals surface area contributed by atoms with Gasteiger partial charge in [-0.05, 0) is 0 Å². The predicted molar refractivity (Wildman–Crippen MR) is 42.8 cm³/mol. The minimum absolute atomic E-state index is 0.219. The Hall–Kier alpha value is 0.130. The number of halogens is 2. The third-order valence-corrected chi connectivity index (χ3v) is 2.56. The van der Waals surface area contributed by atoms with E-state index in [1.165, 1.54) is 0 Å². The normalized spacial score (nSPS) is 39.9. The van der Waals surface area contributed by atoms with Crippen molar-refractivity contribution in [2.75, 3.05) is 4.43 Å². The number of esters is 1. The summed E-state index contributed by atoms with van der Waals surface area (Å²) < 4.78 is 18.1. The van der Waals surface area contributed by atoms with Gasteiger partial charge in [0.1, 0.15) is 6.10 Å². The first-order valence-corrected chi connectivity index (χ1v) is 4.60. The maximum atomic E-state index is 12.7. The Balaban J connectivity index is 2.61. The molecule has 1 rings (SSSR count). The largest absolute Gasteiger partial charge is 0.459 e. The van der Waals surface area contributed by atoms with Crippen molar-refractivity contribution in [1.29, 1.82) is 0 Å². The molecule has 0 saturated carbocycles. The van der Waals surface area contributed by atoms with E-state index in [0.29, 0.717) is 4.43 Å². The van der Waals surface area contributed by atoms with Gasteiger partial charge in [-0.15, -0.1) is 0 Å². The summed E-state index contributed by atoms with van der Waals surface area (Å²) in [6.45, 7) is 1.69. The highest BCUT2D eigenvalue weighted by Gasteiger charge is 2.41. The Morgan fingerprint density at radius 3 is 2.60 bits per heavy atom. The van der Waals surface area contributed by atoms with Crippen LogP contribution in [0.1, 0.15) is 6.92 Å². The molecule has 10 heavy (non-hydrogen) atoms. The second-order valence-electron chi connectivity index (χ2n) is 2.39. The van der Waals surface area contributed by atoms with Gasteiger partial charge in [-0.1, -0.05) is 29.5 Å². The zero-order chi connectivity index (χ0) is 7.72. The van der Waals surface area contributed by atoms with Crippen LogP contribution in [0.3, 0.4) is 0 Å². The molecule has 58 valence electrons. The van der Waals surface area contributed by atoms with E-state index in [9.17, 15) is 9.18 Å². The van der Waals surface area contributed by atoms with Crippen LogP contribution in [0.2, 0.25) is 0 Å². The Bertz CT molecular complexity index is 151. The molecule has 0 aromatic heterocycles. The van der Waals surface area contributed by atoms with Crippen LogP contribution in [-0.2, 0) is 9.53 Å². The van der Waals surface area contributed by atoms with E-state index in [4.69, 9.17) is 4.74 Å². The minimum Gasteiger partial charge on any atom is -0.459 e. The van der Waals surface area contributed by atoms with E-state index in [-0.39, 0.29) is 12.0 Å². The van der Waals surface area contributed by atoms with Gasteiger partial charge in [0.2, 0.25) is 6.17 Å². The molecule has 1 aliphatic heterocycles. The fourth-order valence-electron chi connectivity index (χ4n) is 0.897. The molecule has 1 aliphatic rings. The smallest absolute Gasteiger partial charge is 0.341 e.